The first kappa shape index (κ1) is 13.3. The van der Waals surface area contributed by atoms with Gasteiger partial charge in [-0.3, -0.25) is 0 Å². The number of anilines is 1. The van der Waals surface area contributed by atoms with Crippen molar-refractivity contribution in [3.8, 4) is 0 Å². The Morgan fingerprint density at radius 1 is 1.25 bits per heavy atom. The van der Waals surface area contributed by atoms with Crippen LogP contribution in [0, 0.1) is 5.92 Å². The third-order valence-electron chi connectivity index (χ3n) is 2.39. The average molecular weight is 239 g/mol. The van der Waals surface area contributed by atoms with Crippen molar-refractivity contribution in [1.82, 2.24) is 9.97 Å². The third kappa shape index (κ3) is 3.67. The lowest BCUT2D eigenvalue weighted by Crippen LogP contribution is -2.04. The Morgan fingerprint density at radius 2 is 1.94 bits per heavy atom. The van der Waals surface area contributed by atoms with E-state index in [1.54, 1.807) is 18.1 Å². The van der Waals surface area contributed by atoms with Crippen molar-refractivity contribution >= 4 is 17.6 Å². The van der Waals surface area contributed by atoms with Crippen molar-refractivity contribution in [2.75, 3.05) is 11.5 Å². The molecule has 90 valence electrons. The van der Waals surface area contributed by atoms with E-state index in [1.807, 2.05) is 0 Å². The highest BCUT2D eigenvalue weighted by Crippen LogP contribution is 2.30. The maximum atomic E-state index is 5.89. The quantitative estimate of drug-likeness (QED) is 0.632. The Bertz CT molecular complexity index is 337. The van der Waals surface area contributed by atoms with Gasteiger partial charge < -0.3 is 5.73 Å². The van der Waals surface area contributed by atoms with Crippen LogP contribution in [0.1, 0.15) is 45.6 Å². The van der Waals surface area contributed by atoms with Crippen molar-refractivity contribution in [2.45, 2.75) is 45.1 Å². The molecule has 2 N–H and O–H groups in total. The summed E-state index contributed by atoms with van der Waals surface area (Å²) < 4.78 is 0. The monoisotopic (exact) mass is 239 g/mol. The van der Waals surface area contributed by atoms with Crippen LogP contribution in [0.25, 0.3) is 0 Å². The Morgan fingerprint density at radius 3 is 2.50 bits per heavy atom. The van der Waals surface area contributed by atoms with Gasteiger partial charge in [-0.2, -0.15) is 0 Å². The number of nitrogen functional groups attached to an aromatic ring is 1. The second-order valence-electron chi connectivity index (χ2n) is 4.66. The summed E-state index contributed by atoms with van der Waals surface area (Å²) in [5.74, 6) is 2.82. The molecule has 0 saturated carbocycles. The summed E-state index contributed by atoms with van der Waals surface area (Å²) in [6, 6.07) is 0. The molecule has 0 amide bonds. The fourth-order valence-corrected chi connectivity index (χ4v) is 2.84. The summed E-state index contributed by atoms with van der Waals surface area (Å²) in [7, 11) is 0. The zero-order chi connectivity index (χ0) is 12.1. The molecule has 4 heteroatoms. The van der Waals surface area contributed by atoms with Crippen LogP contribution in [0.4, 0.5) is 5.82 Å². The van der Waals surface area contributed by atoms with Crippen LogP contribution in [-0.2, 0) is 0 Å². The molecule has 0 bridgehead atoms. The van der Waals surface area contributed by atoms with E-state index < -0.39 is 0 Å². The number of rotatable bonds is 5. The van der Waals surface area contributed by atoms with E-state index in [0.29, 0.717) is 11.7 Å². The van der Waals surface area contributed by atoms with E-state index >= 15 is 0 Å². The van der Waals surface area contributed by atoms with Gasteiger partial charge in [0, 0.05) is 5.56 Å². The second-order valence-corrected chi connectivity index (χ2v) is 5.75. The van der Waals surface area contributed by atoms with E-state index in [1.165, 1.54) is 6.42 Å². The lowest BCUT2D eigenvalue weighted by atomic mass is 10.1. The van der Waals surface area contributed by atoms with Gasteiger partial charge in [0.1, 0.15) is 17.2 Å². The van der Waals surface area contributed by atoms with Crippen molar-refractivity contribution in [3.05, 3.63) is 11.9 Å². The molecule has 1 aromatic rings. The molecular formula is C12H21N3S. The zero-order valence-corrected chi connectivity index (χ0v) is 11.3. The molecule has 0 aliphatic carbocycles. The molecule has 0 saturated heterocycles. The number of hydrogen-bond acceptors (Lipinski definition) is 4. The molecule has 1 rings (SSSR count). The summed E-state index contributed by atoms with van der Waals surface area (Å²) >= 11 is 1.79. The Balaban J connectivity index is 2.75. The SMILES string of the molecule is CC(C)CCSc1ncnc(N)c1C(C)C. The standard InChI is InChI=1S/C12H21N3S/c1-8(2)5-6-16-12-10(9(3)4)11(13)14-7-15-12/h7-9H,5-6H2,1-4H3,(H2,13,14,15). The van der Waals surface area contributed by atoms with E-state index in [9.17, 15) is 0 Å². The van der Waals surface area contributed by atoms with Gasteiger partial charge in [-0.25, -0.2) is 9.97 Å². The van der Waals surface area contributed by atoms with Crippen molar-refractivity contribution in [3.63, 3.8) is 0 Å². The van der Waals surface area contributed by atoms with Gasteiger partial charge in [0.2, 0.25) is 0 Å². The highest BCUT2D eigenvalue weighted by atomic mass is 32.2. The van der Waals surface area contributed by atoms with Gasteiger partial charge in [0.15, 0.2) is 0 Å². The fraction of sp³-hybridized carbons (Fsp3) is 0.667. The number of nitrogens with zero attached hydrogens (tertiary/aromatic N) is 2. The summed E-state index contributed by atoms with van der Waals surface area (Å²) in [4.78, 5) is 8.39. The van der Waals surface area contributed by atoms with Crippen LogP contribution in [-0.4, -0.2) is 15.7 Å². The minimum absolute atomic E-state index is 0.378. The predicted octanol–water partition coefficient (Wildman–Crippen LogP) is 3.32. The van der Waals surface area contributed by atoms with Gasteiger partial charge >= 0.3 is 0 Å². The number of nitrogens with two attached hydrogens (primary N) is 1. The molecule has 0 aliphatic rings. The molecule has 0 aliphatic heterocycles. The lowest BCUT2D eigenvalue weighted by Gasteiger charge is -2.13. The van der Waals surface area contributed by atoms with Crippen molar-refractivity contribution in [1.29, 1.82) is 0 Å². The summed E-state index contributed by atoms with van der Waals surface area (Å²) in [5.41, 5.74) is 6.98. The highest BCUT2D eigenvalue weighted by molar-refractivity contribution is 7.99. The fourth-order valence-electron chi connectivity index (χ4n) is 1.44. The molecule has 0 radical (unpaired) electrons. The number of aromatic nitrogens is 2. The van der Waals surface area contributed by atoms with Crippen LogP contribution in [0.5, 0.6) is 0 Å². The van der Waals surface area contributed by atoms with Gasteiger partial charge in [-0.15, -0.1) is 11.8 Å². The van der Waals surface area contributed by atoms with Crippen LogP contribution in [0.3, 0.4) is 0 Å². The van der Waals surface area contributed by atoms with E-state index in [4.69, 9.17) is 5.73 Å². The van der Waals surface area contributed by atoms with Gasteiger partial charge in [-0.05, 0) is 24.0 Å². The molecule has 0 aromatic carbocycles. The molecule has 1 heterocycles. The topological polar surface area (TPSA) is 51.8 Å². The first-order valence-electron chi connectivity index (χ1n) is 5.75. The van der Waals surface area contributed by atoms with E-state index in [-0.39, 0.29) is 0 Å². The largest absolute Gasteiger partial charge is 0.383 e. The van der Waals surface area contributed by atoms with E-state index in [2.05, 4.69) is 37.7 Å². The minimum atomic E-state index is 0.378. The molecule has 0 fully saturated rings. The van der Waals surface area contributed by atoms with Crippen LogP contribution < -0.4 is 5.73 Å². The maximum absolute atomic E-state index is 5.89. The molecule has 16 heavy (non-hydrogen) atoms. The number of thioether (sulfide) groups is 1. The normalized spacial score (nSPS) is 11.4. The summed E-state index contributed by atoms with van der Waals surface area (Å²) in [6.45, 7) is 8.72. The molecule has 0 unspecified atom stereocenters. The summed E-state index contributed by atoms with van der Waals surface area (Å²) in [5, 5.41) is 1.04. The molecule has 0 spiro atoms. The minimum Gasteiger partial charge on any atom is -0.383 e. The second kappa shape index (κ2) is 6.09. The van der Waals surface area contributed by atoms with Gasteiger partial charge in [-0.1, -0.05) is 27.7 Å². The van der Waals surface area contributed by atoms with Crippen molar-refractivity contribution < 1.29 is 0 Å². The molecule has 0 atom stereocenters. The smallest absolute Gasteiger partial charge is 0.131 e. The molecular weight excluding hydrogens is 218 g/mol. The Labute approximate surface area is 102 Å². The van der Waals surface area contributed by atoms with E-state index in [0.717, 1.165) is 22.3 Å². The molecule has 1 aromatic heterocycles. The summed E-state index contributed by atoms with van der Waals surface area (Å²) in [6.07, 6.45) is 2.75. The van der Waals surface area contributed by atoms with Crippen molar-refractivity contribution in [2.24, 2.45) is 5.92 Å². The average Bonchev–Trinajstić information content (AvgIpc) is 2.16. The Kier molecular flexibility index (Phi) is 5.06. The van der Waals surface area contributed by atoms with Crippen LogP contribution in [0.2, 0.25) is 0 Å². The van der Waals surface area contributed by atoms with Crippen LogP contribution >= 0.6 is 11.8 Å². The third-order valence-corrected chi connectivity index (χ3v) is 3.43. The number of hydrogen-bond donors (Lipinski definition) is 1. The zero-order valence-electron chi connectivity index (χ0n) is 10.5. The highest BCUT2D eigenvalue weighted by Gasteiger charge is 2.13. The first-order valence-corrected chi connectivity index (χ1v) is 6.74. The maximum Gasteiger partial charge on any atom is 0.131 e. The van der Waals surface area contributed by atoms with Crippen LogP contribution in [0.15, 0.2) is 11.4 Å². The van der Waals surface area contributed by atoms with Gasteiger partial charge in [0.05, 0.1) is 0 Å². The molecule has 3 nitrogen and oxygen atoms in total. The Hall–Kier alpha value is -0.770. The van der Waals surface area contributed by atoms with Gasteiger partial charge in [0.25, 0.3) is 0 Å². The lowest BCUT2D eigenvalue weighted by molar-refractivity contribution is 0.631. The first-order chi connectivity index (χ1) is 7.52. The predicted molar refractivity (Wildman–Crippen MR) is 70.7 cm³/mol.